The number of phenols is 1. The average molecular weight is 1090 g/mol. The number of aryl methyl sites for hydroxylation is 1. The highest BCUT2D eigenvalue weighted by Gasteiger charge is 2.45. The van der Waals surface area contributed by atoms with Gasteiger partial charge in [-0.3, -0.25) is 24.3 Å². The number of piperazine rings is 1. The highest BCUT2D eigenvalue weighted by molar-refractivity contribution is 7.13. The number of hydrogen-bond donors (Lipinski definition) is 5. The zero-order chi connectivity index (χ0) is 55.2. The molecule has 10 rings (SSSR count). The summed E-state index contributed by atoms with van der Waals surface area (Å²) in [5.74, 6) is -3.95. The summed E-state index contributed by atoms with van der Waals surface area (Å²) < 4.78 is 59.1. The molecule has 0 aliphatic carbocycles. The monoisotopic (exact) mass is 1090 g/mol. The number of nitrogens with zero attached hydrogens (tertiary/aromatic N) is 7. The third-order valence-electron chi connectivity index (χ3n) is 15.7. The summed E-state index contributed by atoms with van der Waals surface area (Å²) in [6, 6.07) is 10.7. The van der Waals surface area contributed by atoms with Crippen LogP contribution in [-0.4, -0.2) is 147 Å². The number of aliphatic hydroxyl groups excluding tert-OH is 1. The minimum Gasteiger partial charge on any atom is -0.508 e. The van der Waals surface area contributed by atoms with Crippen LogP contribution < -0.4 is 25.6 Å². The van der Waals surface area contributed by atoms with Gasteiger partial charge < -0.3 is 45.4 Å². The standard InChI is InChI=1S/C57H67F3N10O7S/c1-30-24-68(17-7-18-76-19-16-45(73)65-52(57(4,5)6)55(75)70-27-39(72)22-43(70)54(74)63-31(2)33-8-10-34(11-9-33)51-32(3)62-29-78-51)44(30)28-77-56-66-50-41(53(67-56)69-25-36-13-14-37(26-69)64-36)23-61-49(48(50)60)40-21-38(71)20-35-12-15-42(58)47(59)46(35)40/h8-12,15,20-21,23,29-31,36-37,39,43-44,52,64,71-72H,7,13-14,16-19,22,24-28H2,1-6H3,(H,63,74)(H,65,73)/t30-,31+,36?,37?,39-,43+,44-,52-/m1/s1. The second-order valence-electron chi connectivity index (χ2n) is 22.5. The van der Waals surface area contributed by atoms with Crippen molar-refractivity contribution in [2.75, 3.05) is 57.4 Å². The fourth-order valence-corrected chi connectivity index (χ4v) is 12.3. The number of halogens is 3. The summed E-state index contributed by atoms with van der Waals surface area (Å²) >= 11 is 1.56. The highest BCUT2D eigenvalue weighted by atomic mass is 32.1. The van der Waals surface area contributed by atoms with E-state index in [-0.39, 0.29) is 114 Å². The lowest BCUT2D eigenvalue weighted by Gasteiger charge is -2.46. The molecule has 414 valence electrons. The predicted molar refractivity (Wildman–Crippen MR) is 290 cm³/mol. The lowest BCUT2D eigenvalue weighted by molar-refractivity contribution is -0.144. The molecule has 0 saturated carbocycles. The number of anilines is 1. The molecule has 3 amide bonds. The summed E-state index contributed by atoms with van der Waals surface area (Å²) in [5.41, 5.74) is 3.43. The number of fused-ring (bicyclic) bond motifs is 4. The fourth-order valence-electron chi connectivity index (χ4n) is 11.5. The first-order valence-corrected chi connectivity index (χ1v) is 27.7. The number of carbonyl (C=O) groups excluding carboxylic acids is 3. The quantitative estimate of drug-likeness (QED) is 0.0540. The topological polar surface area (TPSA) is 208 Å². The van der Waals surface area contributed by atoms with Crippen molar-refractivity contribution in [3.8, 4) is 33.5 Å². The van der Waals surface area contributed by atoms with Crippen LogP contribution in [0.2, 0.25) is 0 Å². The van der Waals surface area contributed by atoms with Gasteiger partial charge in [-0.05, 0) is 79.2 Å². The van der Waals surface area contributed by atoms with Crippen LogP contribution in [0.1, 0.15) is 84.0 Å². The molecular formula is C57H67F3N10O7S. The van der Waals surface area contributed by atoms with E-state index in [4.69, 9.17) is 14.5 Å². The Bertz CT molecular complexity index is 3200. The molecule has 4 fully saturated rings. The Morgan fingerprint density at radius 3 is 2.41 bits per heavy atom. The molecule has 78 heavy (non-hydrogen) atoms. The van der Waals surface area contributed by atoms with E-state index in [0.717, 1.165) is 53.2 Å². The molecule has 0 spiro atoms. The van der Waals surface area contributed by atoms with Crippen LogP contribution in [0, 0.1) is 35.7 Å². The van der Waals surface area contributed by atoms with Crippen molar-refractivity contribution in [3.63, 3.8) is 0 Å². The summed E-state index contributed by atoms with van der Waals surface area (Å²) in [5, 5.41) is 31.1. The molecule has 7 heterocycles. The number of ether oxygens (including phenoxy) is 2. The number of pyridine rings is 1. The van der Waals surface area contributed by atoms with E-state index in [1.165, 1.54) is 23.2 Å². The summed E-state index contributed by atoms with van der Waals surface area (Å²) in [4.78, 5) is 66.3. The number of carbonyl (C=O) groups is 3. The molecule has 3 aromatic heterocycles. The zero-order valence-corrected chi connectivity index (χ0v) is 45.5. The first-order chi connectivity index (χ1) is 37.3. The first-order valence-electron chi connectivity index (χ1n) is 26.8. The number of aromatic nitrogens is 4. The van der Waals surface area contributed by atoms with Crippen LogP contribution in [-0.2, 0) is 19.1 Å². The van der Waals surface area contributed by atoms with Crippen molar-refractivity contribution in [2.45, 2.75) is 116 Å². The van der Waals surface area contributed by atoms with Crippen LogP contribution in [0.3, 0.4) is 0 Å². The molecule has 21 heteroatoms. The number of hydrogen-bond acceptors (Lipinski definition) is 15. The van der Waals surface area contributed by atoms with Gasteiger partial charge in [0.15, 0.2) is 17.5 Å². The number of thiazole rings is 1. The summed E-state index contributed by atoms with van der Waals surface area (Å²) in [6.45, 7) is 14.9. The van der Waals surface area contributed by atoms with Crippen molar-refractivity contribution >= 4 is 56.6 Å². The molecule has 0 radical (unpaired) electrons. The molecule has 2 unspecified atom stereocenters. The van der Waals surface area contributed by atoms with Crippen molar-refractivity contribution < 1.29 is 47.2 Å². The van der Waals surface area contributed by atoms with Gasteiger partial charge in [-0.2, -0.15) is 9.97 Å². The number of rotatable bonds is 18. The van der Waals surface area contributed by atoms with E-state index in [1.807, 2.05) is 64.4 Å². The smallest absolute Gasteiger partial charge is 0.319 e. The average Bonchev–Trinajstić information content (AvgIpc) is 4.26. The summed E-state index contributed by atoms with van der Waals surface area (Å²) in [6.07, 6.45) is 3.26. The number of phenolic OH excluding ortho intramolecular Hbond substituents is 1. The molecule has 4 aliphatic rings. The molecular weight excluding hydrogens is 1030 g/mol. The molecule has 6 aromatic rings. The lowest BCUT2D eigenvalue weighted by Crippen LogP contribution is -2.58. The van der Waals surface area contributed by atoms with Crippen LogP contribution >= 0.6 is 11.3 Å². The second-order valence-corrected chi connectivity index (χ2v) is 23.3. The number of likely N-dealkylation sites (tertiary alicyclic amines) is 2. The molecule has 4 saturated heterocycles. The maximum Gasteiger partial charge on any atom is 0.319 e. The lowest BCUT2D eigenvalue weighted by atomic mass is 9.85. The van der Waals surface area contributed by atoms with E-state index in [2.05, 4.69) is 47.6 Å². The Kier molecular flexibility index (Phi) is 15.9. The third kappa shape index (κ3) is 11.5. The van der Waals surface area contributed by atoms with E-state index < -0.39 is 47.0 Å². The van der Waals surface area contributed by atoms with Crippen molar-refractivity contribution in [1.82, 2.24) is 45.7 Å². The maximum absolute atomic E-state index is 17.0. The van der Waals surface area contributed by atoms with E-state index in [0.29, 0.717) is 43.9 Å². The Morgan fingerprint density at radius 2 is 1.71 bits per heavy atom. The van der Waals surface area contributed by atoms with Crippen LogP contribution in [0.15, 0.2) is 60.2 Å². The molecule has 8 atom stereocenters. The maximum atomic E-state index is 17.0. The minimum absolute atomic E-state index is 0.00345. The van der Waals surface area contributed by atoms with Gasteiger partial charge in [0.25, 0.3) is 0 Å². The zero-order valence-electron chi connectivity index (χ0n) is 44.7. The van der Waals surface area contributed by atoms with Gasteiger partial charge in [0.2, 0.25) is 17.7 Å². The largest absolute Gasteiger partial charge is 0.508 e. The first kappa shape index (κ1) is 54.8. The minimum atomic E-state index is -1.19. The van der Waals surface area contributed by atoms with Crippen molar-refractivity contribution in [1.29, 1.82) is 0 Å². The Hall–Kier alpha value is -6.52. The Morgan fingerprint density at radius 1 is 0.949 bits per heavy atom. The van der Waals surface area contributed by atoms with Crippen LogP contribution in [0.25, 0.3) is 43.4 Å². The van der Waals surface area contributed by atoms with Gasteiger partial charge in [-0.1, -0.05) is 58.0 Å². The second kappa shape index (κ2) is 22.7. The molecule has 3 aromatic carbocycles. The van der Waals surface area contributed by atoms with Gasteiger partial charge in [0.05, 0.1) is 40.2 Å². The normalized spacial score (nSPS) is 22.2. The van der Waals surface area contributed by atoms with E-state index >= 15 is 8.78 Å². The van der Waals surface area contributed by atoms with Gasteiger partial charge in [-0.15, -0.1) is 11.3 Å². The summed E-state index contributed by atoms with van der Waals surface area (Å²) in [7, 11) is 0. The molecule has 17 nitrogen and oxygen atoms in total. The predicted octanol–water partition coefficient (Wildman–Crippen LogP) is 7.21. The van der Waals surface area contributed by atoms with Crippen molar-refractivity contribution in [2.24, 2.45) is 11.3 Å². The van der Waals surface area contributed by atoms with Gasteiger partial charge in [0.1, 0.15) is 41.5 Å². The van der Waals surface area contributed by atoms with Gasteiger partial charge >= 0.3 is 6.01 Å². The SMILES string of the molecule is Cc1ncsc1-c1ccc([C@H](C)NC(=O)[C@@H]2C[C@@H](O)CN2C(=O)[C@@H](NC(=O)CCOCCCN2C[C@@H](C)[C@H]2COc2nc(N3CC4CCC(C3)N4)c3cnc(-c4cc(O)cc5ccc(F)c(F)c45)c(F)c3n2)C(C)(C)C)cc1. The van der Waals surface area contributed by atoms with E-state index in [9.17, 15) is 29.0 Å². The van der Waals surface area contributed by atoms with Crippen molar-refractivity contribution in [3.05, 3.63) is 88.9 Å². The molecule has 2 bridgehead atoms. The van der Waals surface area contributed by atoms with Crippen LogP contribution in [0.4, 0.5) is 19.0 Å². The number of amides is 3. The van der Waals surface area contributed by atoms with Gasteiger partial charge in [-0.25, -0.2) is 18.2 Å². The number of aromatic hydroxyl groups is 1. The Labute approximate surface area is 455 Å². The fraction of sp³-hybridized carbons (Fsp3) is 0.491. The number of aliphatic hydroxyl groups is 1. The van der Waals surface area contributed by atoms with Gasteiger partial charge in [0, 0.05) is 87.4 Å². The highest BCUT2D eigenvalue weighted by Crippen LogP contribution is 2.40. The molecule has 5 N–H and O–H groups in total. The number of benzene rings is 3. The number of β-amino-alcohol motifs (C(OH)–C–C–N with tert-alkyl or cyclic N) is 1. The van der Waals surface area contributed by atoms with E-state index in [1.54, 1.807) is 11.3 Å². The van der Waals surface area contributed by atoms with Crippen LogP contribution in [0.5, 0.6) is 11.8 Å². The third-order valence-corrected chi connectivity index (χ3v) is 16.7. The molecule has 4 aliphatic heterocycles. The number of nitrogens with one attached hydrogen (secondary N) is 3. The Balaban J connectivity index is 0.729.